The van der Waals surface area contributed by atoms with Gasteiger partial charge in [-0.1, -0.05) is 17.7 Å². The molecule has 0 bridgehead atoms. The Labute approximate surface area is 105 Å². The molecule has 0 radical (unpaired) electrons. The SMILES string of the molecule is O=C(O)c1cccc(Cl)c1-n1cc(Br)cn1. The molecule has 4 nitrogen and oxygen atoms in total. The number of halogens is 2. The number of carboxylic acid groups (broad SMARTS) is 1. The van der Waals surface area contributed by atoms with Crippen LogP contribution in [0, 0.1) is 0 Å². The zero-order valence-corrected chi connectivity index (χ0v) is 10.2. The van der Waals surface area contributed by atoms with Crippen LogP contribution in [0.3, 0.4) is 0 Å². The van der Waals surface area contributed by atoms with Crippen molar-refractivity contribution in [3.8, 4) is 5.69 Å². The maximum atomic E-state index is 11.0. The van der Waals surface area contributed by atoms with Crippen molar-refractivity contribution in [3.05, 3.63) is 45.7 Å². The number of carbonyl (C=O) groups is 1. The highest BCUT2D eigenvalue weighted by Crippen LogP contribution is 2.25. The Hall–Kier alpha value is -1.33. The van der Waals surface area contributed by atoms with Crippen molar-refractivity contribution in [1.82, 2.24) is 9.78 Å². The van der Waals surface area contributed by atoms with Crippen LogP contribution in [0.2, 0.25) is 5.02 Å². The first-order valence-electron chi connectivity index (χ1n) is 4.32. The molecule has 1 heterocycles. The quantitative estimate of drug-likeness (QED) is 0.927. The molecule has 0 spiro atoms. The van der Waals surface area contributed by atoms with E-state index in [0.717, 1.165) is 4.47 Å². The molecule has 16 heavy (non-hydrogen) atoms. The third-order valence-corrected chi connectivity index (χ3v) is 2.71. The zero-order chi connectivity index (χ0) is 11.7. The van der Waals surface area contributed by atoms with E-state index in [0.29, 0.717) is 10.7 Å². The van der Waals surface area contributed by atoms with E-state index in [1.54, 1.807) is 24.5 Å². The molecular weight excluding hydrogens is 295 g/mol. The van der Waals surface area contributed by atoms with E-state index >= 15 is 0 Å². The standard InChI is InChI=1S/C10H6BrClN2O2/c11-6-4-13-14(5-6)9-7(10(15)16)2-1-3-8(9)12/h1-5H,(H,15,16). The lowest BCUT2D eigenvalue weighted by molar-refractivity contribution is 0.0696. The molecule has 0 saturated heterocycles. The lowest BCUT2D eigenvalue weighted by atomic mass is 10.2. The van der Waals surface area contributed by atoms with Crippen molar-refractivity contribution in [2.45, 2.75) is 0 Å². The normalized spacial score (nSPS) is 10.4. The highest BCUT2D eigenvalue weighted by Gasteiger charge is 2.15. The van der Waals surface area contributed by atoms with E-state index in [9.17, 15) is 4.79 Å². The van der Waals surface area contributed by atoms with Crippen molar-refractivity contribution in [2.24, 2.45) is 0 Å². The van der Waals surface area contributed by atoms with Gasteiger partial charge >= 0.3 is 5.97 Å². The number of aromatic nitrogens is 2. The molecule has 1 N–H and O–H groups in total. The van der Waals surface area contributed by atoms with E-state index in [-0.39, 0.29) is 5.56 Å². The summed E-state index contributed by atoms with van der Waals surface area (Å²) in [4.78, 5) is 11.0. The number of benzene rings is 1. The van der Waals surface area contributed by atoms with Gasteiger partial charge in [0.25, 0.3) is 0 Å². The van der Waals surface area contributed by atoms with Crippen molar-refractivity contribution in [2.75, 3.05) is 0 Å². The van der Waals surface area contributed by atoms with Gasteiger partial charge in [0.2, 0.25) is 0 Å². The molecule has 0 unspecified atom stereocenters. The van der Waals surface area contributed by atoms with Crippen LogP contribution in [0.15, 0.2) is 35.1 Å². The Balaban J connectivity index is 2.67. The zero-order valence-electron chi connectivity index (χ0n) is 7.89. The Morgan fingerprint density at radius 3 is 2.81 bits per heavy atom. The fraction of sp³-hybridized carbons (Fsp3) is 0. The van der Waals surface area contributed by atoms with Crippen molar-refractivity contribution in [1.29, 1.82) is 0 Å². The van der Waals surface area contributed by atoms with Crippen molar-refractivity contribution >= 4 is 33.5 Å². The lowest BCUT2D eigenvalue weighted by Gasteiger charge is -2.07. The van der Waals surface area contributed by atoms with Gasteiger partial charge in [0.15, 0.2) is 0 Å². The number of carboxylic acids is 1. The van der Waals surface area contributed by atoms with E-state index in [4.69, 9.17) is 16.7 Å². The van der Waals surface area contributed by atoms with Gasteiger partial charge in [0.1, 0.15) is 0 Å². The second-order valence-electron chi connectivity index (χ2n) is 3.04. The molecule has 0 atom stereocenters. The average molecular weight is 302 g/mol. The second kappa shape index (κ2) is 4.27. The molecular formula is C10H6BrClN2O2. The summed E-state index contributed by atoms with van der Waals surface area (Å²) in [5.74, 6) is -1.04. The third kappa shape index (κ3) is 1.96. The minimum absolute atomic E-state index is 0.114. The lowest BCUT2D eigenvalue weighted by Crippen LogP contribution is -2.06. The molecule has 0 fully saturated rings. The van der Waals surface area contributed by atoms with Crippen LogP contribution < -0.4 is 0 Å². The van der Waals surface area contributed by atoms with Gasteiger partial charge in [-0.15, -0.1) is 0 Å². The van der Waals surface area contributed by atoms with Gasteiger partial charge in [0, 0.05) is 6.20 Å². The summed E-state index contributed by atoms with van der Waals surface area (Å²) in [6.45, 7) is 0. The van der Waals surface area contributed by atoms with Crippen molar-refractivity contribution < 1.29 is 9.90 Å². The van der Waals surface area contributed by atoms with Gasteiger partial charge in [-0.2, -0.15) is 5.10 Å². The van der Waals surface area contributed by atoms with E-state index in [1.807, 2.05) is 0 Å². The van der Waals surface area contributed by atoms with Crippen LogP contribution in [-0.2, 0) is 0 Å². The number of aromatic carboxylic acids is 1. The molecule has 2 aromatic rings. The summed E-state index contributed by atoms with van der Waals surface area (Å²) in [5.41, 5.74) is 0.477. The van der Waals surface area contributed by atoms with E-state index < -0.39 is 5.97 Å². The molecule has 0 aliphatic heterocycles. The van der Waals surface area contributed by atoms with Gasteiger partial charge < -0.3 is 5.11 Å². The average Bonchev–Trinajstić information content (AvgIpc) is 2.64. The van der Waals surface area contributed by atoms with Crippen LogP contribution in [0.1, 0.15) is 10.4 Å². The van der Waals surface area contributed by atoms with Crippen LogP contribution >= 0.6 is 27.5 Å². The van der Waals surface area contributed by atoms with Crippen LogP contribution in [-0.4, -0.2) is 20.9 Å². The van der Waals surface area contributed by atoms with Crippen molar-refractivity contribution in [3.63, 3.8) is 0 Å². The molecule has 0 saturated carbocycles. The minimum atomic E-state index is -1.04. The highest BCUT2D eigenvalue weighted by molar-refractivity contribution is 9.10. The number of para-hydroxylation sites is 1. The Bertz CT molecular complexity index is 554. The first-order chi connectivity index (χ1) is 7.59. The molecule has 0 aliphatic rings. The predicted molar refractivity (Wildman–Crippen MR) is 63.2 cm³/mol. The van der Waals surface area contributed by atoms with E-state index in [1.165, 1.54) is 10.7 Å². The highest BCUT2D eigenvalue weighted by atomic mass is 79.9. The number of rotatable bonds is 2. The smallest absolute Gasteiger partial charge is 0.337 e. The second-order valence-corrected chi connectivity index (χ2v) is 4.37. The molecule has 1 aromatic carbocycles. The van der Waals surface area contributed by atoms with Gasteiger partial charge in [-0.3, -0.25) is 0 Å². The fourth-order valence-electron chi connectivity index (χ4n) is 1.34. The van der Waals surface area contributed by atoms with Crippen LogP contribution in [0.25, 0.3) is 5.69 Å². The molecule has 2 rings (SSSR count). The van der Waals surface area contributed by atoms with Crippen LogP contribution in [0.5, 0.6) is 0 Å². The molecule has 0 aliphatic carbocycles. The summed E-state index contributed by atoms with van der Waals surface area (Å²) in [6.07, 6.45) is 3.21. The monoisotopic (exact) mass is 300 g/mol. The Kier molecular flexibility index (Phi) is 2.98. The number of hydrogen-bond donors (Lipinski definition) is 1. The molecule has 1 aromatic heterocycles. The Morgan fingerprint density at radius 1 is 1.50 bits per heavy atom. The summed E-state index contributed by atoms with van der Waals surface area (Å²) in [7, 11) is 0. The summed E-state index contributed by atoms with van der Waals surface area (Å²) in [6, 6.07) is 4.70. The summed E-state index contributed by atoms with van der Waals surface area (Å²) >= 11 is 9.22. The fourth-order valence-corrected chi connectivity index (χ4v) is 1.89. The van der Waals surface area contributed by atoms with Gasteiger partial charge in [0.05, 0.1) is 26.9 Å². The topological polar surface area (TPSA) is 55.1 Å². The number of nitrogens with zero attached hydrogens (tertiary/aromatic N) is 2. The molecule has 6 heteroatoms. The van der Waals surface area contributed by atoms with Crippen LogP contribution in [0.4, 0.5) is 0 Å². The summed E-state index contributed by atoms with van der Waals surface area (Å²) < 4.78 is 2.18. The first-order valence-corrected chi connectivity index (χ1v) is 5.49. The largest absolute Gasteiger partial charge is 0.478 e. The number of hydrogen-bond acceptors (Lipinski definition) is 2. The maximum absolute atomic E-state index is 11.0. The predicted octanol–water partition coefficient (Wildman–Crippen LogP) is 2.99. The Morgan fingerprint density at radius 2 is 2.25 bits per heavy atom. The van der Waals surface area contributed by atoms with Gasteiger partial charge in [-0.05, 0) is 28.1 Å². The summed E-state index contributed by atoms with van der Waals surface area (Å²) in [5, 5.41) is 13.4. The van der Waals surface area contributed by atoms with E-state index in [2.05, 4.69) is 21.0 Å². The minimum Gasteiger partial charge on any atom is -0.478 e. The third-order valence-electron chi connectivity index (χ3n) is 2.00. The maximum Gasteiger partial charge on any atom is 0.337 e. The van der Waals surface area contributed by atoms with Gasteiger partial charge in [-0.25, -0.2) is 9.48 Å². The molecule has 82 valence electrons. The molecule has 0 amide bonds. The first kappa shape index (κ1) is 11.2.